The van der Waals surface area contributed by atoms with Crippen LogP contribution in [-0.4, -0.2) is 72.2 Å². The number of benzene rings is 1. The molecule has 25 heavy (non-hydrogen) atoms. The summed E-state index contributed by atoms with van der Waals surface area (Å²) in [5.74, 6) is -0.0658. The van der Waals surface area contributed by atoms with Crippen molar-refractivity contribution in [2.24, 2.45) is 0 Å². The van der Waals surface area contributed by atoms with Gasteiger partial charge in [0, 0.05) is 39.0 Å². The minimum absolute atomic E-state index is 0.156. The second-order valence-electron chi connectivity index (χ2n) is 6.26. The number of methoxy groups -OCH3 is 1. The van der Waals surface area contributed by atoms with Gasteiger partial charge in [-0.25, -0.2) is 4.98 Å². The predicted octanol–water partition coefficient (Wildman–Crippen LogP) is 0.0127. The zero-order valence-electron chi connectivity index (χ0n) is 14.6. The fourth-order valence-electron chi connectivity index (χ4n) is 2.94. The zero-order valence-corrected chi connectivity index (χ0v) is 14.6. The number of hydrogen-bond acceptors (Lipinski definition) is 6. The molecule has 8 heteroatoms. The van der Waals surface area contributed by atoms with E-state index in [9.17, 15) is 9.59 Å². The molecule has 134 valence electrons. The molecule has 2 aromatic rings. The average Bonchev–Trinajstić information content (AvgIpc) is 2.61. The Morgan fingerprint density at radius 2 is 2.00 bits per heavy atom. The lowest BCUT2D eigenvalue weighted by molar-refractivity contribution is 0.0642. The molecular weight excluding hydrogens is 322 g/mol. The molecule has 1 amide bonds. The fraction of sp³-hybridized carbons (Fsp3) is 0.471. The van der Waals surface area contributed by atoms with E-state index in [1.165, 1.54) is 4.57 Å². The van der Waals surface area contributed by atoms with Gasteiger partial charge in [-0.15, -0.1) is 0 Å². The summed E-state index contributed by atoms with van der Waals surface area (Å²) in [5.41, 5.74) is 6.48. The summed E-state index contributed by atoms with van der Waals surface area (Å²) >= 11 is 0. The van der Waals surface area contributed by atoms with E-state index < -0.39 is 0 Å². The van der Waals surface area contributed by atoms with E-state index in [0.29, 0.717) is 36.3 Å². The normalized spacial score (nSPS) is 15.7. The molecule has 1 aliphatic rings. The first-order valence-electron chi connectivity index (χ1n) is 8.28. The second-order valence-corrected chi connectivity index (χ2v) is 6.26. The van der Waals surface area contributed by atoms with Crippen LogP contribution >= 0.6 is 0 Å². The highest BCUT2D eigenvalue weighted by molar-refractivity contribution is 5.93. The van der Waals surface area contributed by atoms with Crippen molar-refractivity contribution in [2.75, 3.05) is 52.7 Å². The van der Waals surface area contributed by atoms with Crippen molar-refractivity contribution in [3.63, 3.8) is 0 Å². The Bertz CT molecular complexity index is 840. The maximum absolute atomic E-state index is 13.0. The maximum atomic E-state index is 13.0. The molecule has 1 saturated heterocycles. The number of piperazine rings is 1. The molecule has 0 atom stereocenters. The van der Waals surface area contributed by atoms with Crippen molar-refractivity contribution in [1.29, 1.82) is 0 Å². The largest absolute Gasteiger partial charge is 0.399 e. The zero-order chi connectivity index (χ0) is 18.0. The molecule has 3 rings (SSSR count). The topological polar surface area (TPSA) is 93.7 Å². The van der Waals surface area contributed by atoms with Crippen molar-refractivity contribution in [3.8, 4) is 0 Å². The van der Waals surface area contributed by atoms with Crippen molar-refractivity contribution in [2.45, 2.75) is 6.54 Å². The Morgan fingerprint density at radius 3 is 2.68 bits per heavy atom. The van der Waals surface area contributed by atoms with Gasteiger partial charge in [0.25, 0.3) is 11.5 Å². The van der Waals surface area contributed by atoms with E-state index in [2.05, 4.69) is 9.88 Å². The van der Waals surface area contributed by atoms with Gasteiger partial charge in [0.05, 0.1) is 24.1 Å². The summed E-state index contributed by atoms with van der Waals surface area (Å²) in [6.45, 7) is 3.43. The van der Waals surface area contributed by atoms with Gasteiger partial charge in [-0.05, 0) is 25.2 Å². The number of anilines is 1. The molecule has 0 bridgehead atoms. The average molecular weight is 345 g/mol. The lowest BCUT2D eigenvalue weighted by atomic mass is 10.2. The monoisotopic (exact) mass is 345 g/mol. The molecule has 1 aromatic carbocycles. The van der Waals surface area contributed by atoms with Crippen molar-refractivity contribution >= 4 is 22.5 Å². The molecule has 0 saturated carbocycles. The number of nitrogens with two attached hydrogens (primary N) is 1. The molecule has 1 aromatic heterocycles. The number of nitrogen functional groups attached to an aromatic ring is 1. The van der Waals surface area contributed by atoms with Crippen LogP contribution < -0.4 is 11.3 Å². The minimum atomic E-state index is -0.271. The molecule has 0 radical (unpaired) electrons. The van der Waals surface area contributed by atoms with E-state index in [1.54, 1.807) is 30.2 Å². The molecule has 0 aliphatic carbocycles. The summed E-state index contributed by atoms with van der Waals surface area (Å²) in [7, 11) is 3.58. The van der Waals surface area contributed by atoms with Crippen LogP contribution in [0.25, 0.3) is 10.9 Å². The van der Waals surface area contributed by atoms with Crippen LogP contribution in [-0.2, 0) is 11.3 Å². The molecule has 0 unspecified atom stereocenters. The molecule has 2 heterocycles. The summed E-state index contributed by atoms with van der Waals surface area (Å²) < 4.78 is 6.48. The number of fused-ring (bicyclic) bond motifs is 1. The highest BCUT2D eigenvalue weighted by Crippen LogP contribution is 2.14. The van der Waals surface area contributed by atoms with Gasteiger partial charge in [0.2, 0.25) is 5.82 Å². The van der Waals surface area contributed by atoms with Gasteiger partial charge in [-0.2, -0.15) is 0 Å². The summed E-state index contributed by atoms with van der Waals surface area (Å²) in [5, 5.41) is 0.408. The number of likely N-dealkylation sites (N-methyl/N-ethyl adjacent to an activating group) is 1. The fourth-order valence-corrected chi connectivity index (χ4v) is 2.94. The third kappa shape index (κ3) is 3.49. The van der Waals surface area contributed by atoms with Crippen LogP contribution in [0, 0.1) is 0 Å². The number of ether oxygens (including phenoxy) is 1. The van der Waals surface area contributed by atoms with Crippen LogP contribution in [0.15, 0.2) is 23.0 Å². The van der Waals surface area contributed by atoms with Crippen LogP contribution in [0.3, 0.4) is 0 Å². The first-order chi connectivity index (χ1) is 12.0. The Morgan fingerprint density at radius 1 is 1.28 bits per heavy atom. The van der Waals surface area contributed by atoms with Crippen LogP contribution in [0.2, 0.25) is 0 Å². The van der Waals surface area contributed by atoms with E-state index >= 15 is 0 Å². The van der Waals surface area contributed by atoms with Gasteiger partial charge in [-0.1, -0.05) is 0 Å². The third-order valence-electron chi connectivity index (χ3n) is 4.48. The Hall–Kier alpha value is -2.45. The number of aromatic nitrogens is 2. The van der Waals surface area contributed by atoms with Crippen LogP contribution in [0.4, 0.5) is 5.69 Å². The number of rotatable bonds is 4. The van der Waals surface area contributed by atoms with Gasteiger partial charge >= 0.3 is 0 Å². The lowest BCUT2D eigenvalue weighted by Gasteiger charge is -2.32. The SMILES string of the molecule is COCCn1c(C(=O)N2CCN(C)CC2)nc2ccc(N)cc2c1=O. The highest BCUT2D eigenvalue weighted by atomic mass is 16.5. The summed E-state index contributed by atoms with van der Waals surface area (Å²) in [4.78, 5) is 34.2. The number of carbonyl (C=O) groups excluding carboxylic acids is 1. The van der Waals surface area contributed by atoms with Crippen LogP contribution in [0.5, 0.6) is 0 Å². The van der Waals surface area contributed by atoms with E-state index in [-0.39, 0.29) is 23.8 Å². The van der Waals surface area contributed by atoms with Gasteiger partial charge in [0.1, 0.15) is 0 Å². The van der Waals surface area contributed by atoms with E-state index in [1.807, 2.05) is 7.05 Å². The number of hydrogen-bond donors (Lipinski definition) is 1. The van der Waals surface area contributed by atoms with Crippen molar-refractivity contribution < 1.29 is 9.53 Å². The standard InChI is InChI=1S/C17H23N5O3/c1-20-5-7-21(8-6-20)17(24)15-19-14-4-3-12(18)11-13(14)16(23)22(15)9-10-25-2/h3-4,11H,5-10,18H2,1-2H3. The van der Waals surface area contributed by atoms with Crippen molar-refractivity contribution in [3.05, 3.63) is 34.4 Å². The minimum Gasteiger partial charge on any atom is -0.399 e. The molecule has 2 N–H and O–H groups in total. The first kappa shape index (κ1) is 17.4. The molecule has 1 aliphatic heterocycles. The molecule has 1 fully saturated rings. The maximum Gasteiger partial charge on any atom is 0.290 e. The lowest BCUT2D eigenvalue weighted by Crippen LogP contribution is -2.48. The smallest absolute Gasteiger partial charge is 0.290 e. The Labute approximate surface area is 145 Å². The van der Waals surface area contributed by atoms with E-state index in [0.717, 1.165) is 13.1 Å². The molecular formula is C17H23N5O3. The Kier molecular flexibility index (Phi) is 5.00. The number of nitrogens with zero attached hydrogens (tertiary/aromatic N) is 4. The second kappa shape index (κ2) is 7.20. The van der Waals surface area contributed by atoms with Crippen molar-refractivity contribution in [1.82, 2.24) is 19.4 Å². The quantitative estimate of drug-likeness (QED) is 0.785. The summed E-state index contributed by atoms with van der Waals surface area (Å²) in [6, 6.07) is 4.95. The number of carbonyl (C=O) groups is 1. The van der Waals surface area contributed by atoms with Gasteiger partial charge < -0.3 is 20.3 Å². The number of amides is 1. The first-order valence-corrected chi connectivity index (χ1v) is 8.28. The molecule has 0 spiro atoms. The van der Waals surface area contributed by atoms with Crippen LogP contribution in [0.1, 0.15) is 10.6 Å². The highest BCUT2D eigenvalue weighted by Gasteiger charge is 2.25. The third-order valence-corrected chi connectivity index (χ3v) is 4.48. The summed E-state index contributed by atoms with van der Waals surface area (Å²) in [6.07, 6.45) is 0. The Balaban J connectivity index is 2.07. The molecule has 8 nitrogen and oxygen atoms in total. The van der Waals surface area contributed by atoms with Gasteiger partial charge in [-0.3, -0.25) is 14.2 Å². The van der Waals surface area contributed by atoms with E-state index in [4.69, 9.17) is 10.5 Å². The van der Waals surface area contributed by atoms with Gasteiger partial charge in [0.15, 0.2) is 0 Å². The predicted molar refractivity (Wildman–Crippen MR) is 95.7 cm³/mol.